The summed E-state index contributed by atoms with van der Waals surface area (Å²) >= 11 is 0. The molecule has 4 N–H and O–H groups in total. The molecule has 1 heterocycles. The molecule has 3 rings (SSSR count). The molecular formula is C20H24N4O3. The van der Waals surface area contributed by atoms with Gasteiger partial charge in [-0.3, -0.25) is 0 Å². The first-order valence-corrected chi connectivity index (χ1v) is 8.84. The van der Waals surface area contributed by atoms with Crippen molar-refractivity contribution in [3.8, 4) is 11.5 Å². The van der Waals surface area contributed by atoms with Crippen LogP contribution in [-0.2, 0) is 6.42 Å². The SMILES string of the molecule is COc1cccc(OC[C@@H](O)CNc2nc(CCN)nc3ccccc23)c1. The zero-order valence-corrected chi connectivity index (χ0v) is 15.3. The Kier molecular flexibility index (Phi) is 6.40. The minimum atomic E-state index is -0.706. The summed E-state index contributed by atoms with van der Waals surface area (Å²) in [6.45, 7) is 0.931. The Balaban J connectivity index is 1.63. The van der Waals surface area contributed by atoms with Gasteiger partial charge in [0.15, 0.2) is 0 Å². The number of nitrogens with two attached hydrogens (primary N) is 1. The predicted molar refractivity (Wildman–Crippen MR) is 105 cm³/mol. The van der Waals surface area contributed by atoms with E-state index in [4.69, 9.17) is 15.2 Å². The number of rotatable bonds is 9. The first-order chi connectivity index (χ1) is 13.2. The molecule has 1 aromatic heterocycles. The number of methoxy groups -OCH3 is 1. The minimum Gasteiger partial charge on any atom is -0.497 e. The van der Waals surface area contributed by atoms with Gasteiger partial charge in [-0.25, -0.2) is 9.97 Å². The number of aliphatic hydroxyl groups is 1. The van der Waals surface area contributed by atoms with E-state index in [0.717, 1.165) is 10.9 Å². The molecule has 0 saturated carbocycles. The summed E-state index contributed by atoms with van der Waals surface area (Å²) in [7, 11) is 1.60. The number of nitrogens with one attached hydrogen (secondary N) is 1. The van der Waals surface area contributed by atoms with E-state index in [0.29, 0.717) is 42.7 Å². The monoisotopic (exact) mass is 368 g/mol. The van der Waals surface area contributed by atoms with Gasteiger partial charge in [-0.15, -0.1) is 0 Å². The second kappa shape index (κ2) is 9.16. The highest BCUT2D eigenvalue weighted by Crippen LogP contribution is 2.21. The van der Waals surface area contributed by atoms with E-state index in [1.165, 1.54) is 0 Å². The summed E-state index contributed by atoms with van der Waals surface area (Å²) in [5.41, 5.74) is 6.47. The smallest absolute Gasteiger partial charge is 0.137 e. The van der Waals surface area contributed by atoms with Crippen molar-refractivity contribution in [2.24, 2.45) is 5.73 Å². The zero-order chi connectivity index (χ0) is 19.1. The van der Waals surface area contributed by atoms with Gasteiger partial charge in [-0.05, 0) is 30.8 Å². The maximum Gasteiger partial charge on any atom is 0.137 e. The van der Waals surface area contributed by atoms with Crippen LogP contribution in [0.3, 0.4) is 0 Å². The minimum absolute atomic E-state index is 0.152. The van der Waals surface area contributed by atoms with Crippen LogP contribution in [0.1, 0.15) is 5.82 Å². The average molecular weight is 368 g/mol. The van der Waals surface area contributed by atoms with Crippen molar-refractivity contribution >= 4 is 16.7 Å². The lowest BCUT2D eigenvalue weighted by Crippen LogP contribution is -2.27. The van der Waals surface area contributed by atoms with E-state index in [9.17, 15) is 5.11 Å². The third-order valence-electron chi connectivity index (χ3n) is 4.01. The Morgan fingerprint density at radius 3 is 2.74 bits per heavy atom. The molecule has 7 nitrogen and oxygen atoms in total. The van der Waals surface area contributed by atoms with Crippen LogP contribution in [0.25, 0.3) is 10.9 Å². The van der Waals surface area contributed by atoms with Crippen molar-refractivity contribution in [3.05, 3.63) is 54.4 Å². The fourth-order valence-corrected chi connectivity index (χ4v) is 2.66. The van der Waals surface area contributed by atoms with Crippen LogP contribution >= 0.6 is 0 Å². The quantitative estimate of drug-likeness (QED) is 0.531. The van der Waals surface area contributed by atoms with E-state index < -0.39 is 6.10 Å². The Morgan fingerprint density at radius 1 is 1.11 bits per heavy atom. The van der Waals surface area contributed by atoms with Gasteiger partial charge in [0.1, 0.15) is 35.9 Å². The normalized spacial score (nSPS) is 12.0. The van der Waals surface area contributed by atoms with Crippen molar-refractivity contribution in [1.82, 2.24) is 9.97 Å². The molecule has 0 aliphatic rings. The second-order valence-electron chi connectivity index (χ2n) is 6.07. The first-order valence-electron chi connectivity index (χ1n) is 8.84. The molecule has 0 bridgehead atoms. The highest BCUT2D eigenvalue weighted by atomic mass is 16.5. The van der Waals surface area contributed by atoms with Gasteiger partial charge in [-0.1, -0.05) is 18.2 Å². The van der Waals surface area contributed by atoms with Crippen molar-refractivity contribution in [1.29, 1.82) is 0 Å². The van der Waals surface area contributed by atoms with Crippen molar-refractivity contribution in [2.45, 2.75) is 12.5 Å². The van der Waals surface area contributed by atoms with Gasteiger partial charge in [0.05, 0.1) is 12.6 Å². The fraction of sp³-hybridized carbons (Fsp3) is 0.300. The number of benzene rings is 2. The van der Waals surface area contributed by atoms with Gasteiger partial charge in [0, 0.05) is 24.4 Å². The lowest BCUT2D eigenvalue weighted by molar-refractivity contribution is 0.117. The van der Waals surface area contributed by atoms with Crippen molar-refractivity contribution in [3.63, 3.8) is 0 Å². The van der Waals surface area contributed by atoms with Gasteiger partial charge in [0.25, 0.3) is 0 Å². The second-order valence-corrected chi connectivity index (χ2v) is 6.07. The lowest BCUT2D eigenvalue weighted by atomic mass is 10.2. The maximum atomic E-state index is 10.3. The molecule has 3 aromatic rings. The summed E-state index contributed by atoms with van der Waals surface area (Å²) in [5.74, 6) is 2.72. The predicted octanol–water partition coefficient (Wildman–Crippen LogP) is 1.99. The number of para-hydroxylation sites is 1. The number of hydrogen-bond donors (Lipinski definition) is 3. The van der Waals surface area contributed by atoms with E-state index >= 15 is 0 Å². The molecule has 27 heavy (non-hydrogen) atoms. The average Bonchev–Trinajstić information content (AvgIpc) is 2.71. The number of anilines is 1. The molecule has 0 radical (unpaired) electrons. The summed E-state index contributed by atoms with van der Waals surface area (Å²) in [6.07, 6.45) is -0.107. The summed E-state index contributed by atoms with van der Waals surface area (Å²) in [6, 6.07) is 15.0. The number of nitrogens with zero attached hydrogens (tertiary/aromatic N) is 2. The molecule has 2 aromatic carbocycles. The molecule has 1 atom stereocenters. The standard InChI is InChI=1S/C20H24N4O3/c1-26-15-5-4-6-16(11-15)27-13-14(25)12-22-20-17-7-2-3-8-18(17)23-19(24-20)9-10-21/h2-8,11,14,25H,9-10,12-13,21H2,1H3,(H,22,23,24)/t14-/m0/s1. The van der Waals surface area contributed by atoms with Crippen molar-refractivity contribution < 1.29 is 14.6 Å². The van der Waals surface area contributed by atoms with E-state index in [1.54, 1.807) is 13.2 Å². The van der Waals surface area contributed by atoms with Crippen LogP contribution in [0.15, 0.2) is 48.5 Å². The molecule has 0 amide bonds. The van der Waals surface area contributed by atoms with Crippen LogP contribution < -0.4 is 20.5 Å². The number of hydrogen-bond acceptors (Lipinski definition) is 7. The fourth-order valence-electron chi connectivity index (χ4n) is 2.66. The van der Waals surface area contributed by atoms with Crippen molar-refractivity contribution in [2.75, 3.05) is 32.1 Å². The third kappa shape index (κ3) is 5.06. The molecule has 7 heteroatoms. The molecule has 0 unspecified atom stereocenters. The number of aromatic nitrogens is 2. The zero-order valence-electron chi connectivity index (χ0n) is 15.3. The number of ether oxygens (including phenoxy) is 2. The Hall–Kier alpha value is -2.90. The maximum absolute atomic E-state index is 10.3. The summed E-state index contributed by atoms with van der Waals surface area (Å²) in [4.78, 5) is 9.05. The first kappa shape index (κ1) is 18.9. The highest BCUT2D eigenvalue weighted by molar-refractivity contribution is 5.88. The van der Waals surface area contributed by atoms with E-state index in [-0.39, 0.29) is 6.61 Å². The third-order valence-corrected chi connectivity index (χ3v) is 4.01. The van der Waals surface area contributed by atoms with Crippen LogP contribution in [0.4, 0.5) is 5.82 Å². The summed E-state index contributed by atoms with van der Waals surface area (Å²) in [5, 5.41) is 14.4. The van der Waals surface area contributed by atoms with Gasteiger partial charge >= 0.3 is 0 Å². The molecule has 0 spiro atoms. The van der Waals surface area contributed by atoms with Crippen LogP contribution in [0.2, 0.25) is 0 Å². The molecule has 0 saturated heterocycles. The summed E-state index contributed by atoms with van der Waals surface area (Å²) < 4.78 is 10.8. The molecule has 142 valence electrons. The Bertz CT molecular complexity index is 888. The van der Waals surface area contributed by atoms with Gasteiger partial charge in [0.2, 0.25) is 0 Å². The van der Waals surface area contributed by atoms with E-state index in [2.05, 4.69) is 15.3 Å². The number of aliphatic hydroxyl groups excluding tert-OH is 1. The lowest BCUT2D eigenvalue weighted by Gasteiger charge is -2.15. The Labute approximate surface area is 158 Å². The topological polar surface area (TPSA) is 103 Å². The largest absolute Gasteiger partial charge is 0.497 e. The molecular weight excluding hydrogens is 344 g/mol. The molecule has 0 aliphatic carbocycles. The number of fused-ring (bicyclic) bond motifs is 1. The van der Waals surface area contributed by atoms with Crippen LogP contribution in [0, 0.1) is 0 Å². The molecule has 0 fully saturated rings. The van der Waals surface area contributed by atoms with Crippen LogP contribution in [0.5, 0.6) is 11.5 Å². The highest BCUT2D eigenvalue weighted by Gasteiger charge is 2.10. The van der Waals surface area contributed by atoms with Gasteiger partial charge < -0.3 is 25.6 Å². The Morgan fingerprint density at radius 2 is 1.93 bits per heavy atom. The van der Waals surface area contributed by atoms with Gasteiger partial charge in [-0.2, -0.15) is 0 Å². The van der Waals surface area contributed by atoms with Crippen LogP contribution in [-0.4, -0.2) is 48.0 Å². The van der Waals surface area contributed by atoms with E-state index in [1.807, 2.05) is 42.5 Å². The molecule has 0 aliphatic heterocycles.